The van der Waals surface area contributed by atoms with E-state index in [1.165, 1.54) is 5.56 Å². The zero-order chi connectivity index (χ0) is 24.0. The van der Waals surface area contributed by atoms with E-state index in [1.807, 2.05) is 35.0 Å². The Morgan fingerprint density at radius 3 is 2.59 bits per heavy atom. The molecule has 4 aromatic rings. The van der Waals surface area contributed by atoms with Gasteiger partial charge < -0.3 is 4.74 Å². The maximum atomic E-state index is 5.96. The zero-order valence-electron chi connectivity index (χ0n) is 20.3. The Balaban J connectivity index is 1.54. The summed E-state index contributed by atoms with van der Waals surface area (Å²) in [6.07, 6.45) is 2.69. The van der Waals surface area contributed by atoms with Crippen molar-refractivity contribution in [2.45, 2.75) is 58.8 Å². The Bertz CT molecular complexity index is 1190. The summed E-state index contributed by atoms with van der Waals surface area (Å²) < 4.78 is 7.90. The number of aromatic nitrogens is 5. The minimum Gasteiger partial charge on any atom is -0.487 e. The molecule has 0 aliphatic rings. The number of ether oxygens (including phenoxy) is 1. The third kappa shape index (κ3) is 5.66. The number of nitrogens with one attached hydrogen (secondary N) is 1. The summed E-state index contributed by atoms with van der Waals surface area (Å²) >= 11 is 0. The lowest BCUT2D eigenvalue weighted by Gasteiger charge is -2.27. The number of benzene rings is 2. The molecule has 1 atom stereocenters. The molecule has 0 aliphatic carbocycles. The normalized spacial score (nSPS) is 12.5. The summed E-state index contributed by atoms with van der Waals surface area (Å²) in [5.74, 6) is 1.62. The monoisotopic (exact) mass is 456 g/mol. The number of tetrazole rings is 1. The van der Waals surface area contributed by atoms with E-state index in [2.05, 4.69) is 89.9 Å². The first-order valence-corrected chi connectivity index (χ1v) is 11.7. The Morgan fingerprint density at radius 2 is 1.85 bits per heavy atom. The van der Waals surface area contributed by atoms with Gasteiger partial charge in [0.15, 0.2) is 5.82 Å². The second-order valence-electron chi connectivity index (χ2n) is 9.10. The van der Waals surface area contributed by atoms with Crippen molar-refractivity contribution in [1.29, 1.82) is 0 Å². The van der Waals surface area contributed by atoms with Crippen LogP contribution in [0.15, 0.2) is 72.9 Å². The van der Waals surface area contributed by atoms with Crippen LogP contribution in [-0.2, 0) is 18.7 Å². The number of nitrogens with zero attached hydrogens (tertiary/aromatic N) is 5. The standard InChI is InChI=1S/C27H32N6O/c1-5-27(3,4)33-26(30-31-32-33)25(22-14-12-20(2)13-15-22)29-18-21-9-8-11-24(17-21)34-19-23-10-6-7-16-28-23/h6-17,25,29H,5,18-19H2,1-4H3. The van der Waals surface area contributed by atoms with Crippen LogP contribution in [0.2, 0.25) is 0 Å². The van der Waals surface area contributed by atoms with Gasteiger partial charge in [0.1, 0.15) is 12.4 Å². The van der Waals surface area contributed by atoms with E-state index in [1.54, 1.807) is 6.20 Å². The molecule has 7 nitrogen and oxygen atoms in total. The van der Waals surface area contributed by atoms with Crippen molar-refractivity contribution in [3.63, 3.8) is 0 Å². The molecule has 0 saturated carbocycles. The Kier molecular flexibility index (Phi) is 7.33. The summed E-state index contributed by atoms with van der Waals surface area (Å²) in [4.78, 5) is 4.32. The van der Waals surface area contributed by atoms with Crippen LogP contribution in [0.25, 0.3) is 0 Å². The first-order chi connectivity index (χ1) is 16.5. The number of hydrogen-bond donors (Lipinski definition) is 1. The smallest absolute Gasteiger partial charge is 0.173 e. The highest BCUT2D eigenvalue weighted by molar-refractivity contribution is 5.31. The Labute approximate surface area is 201 Å². The highest BCUT2D eigenvalue weighted by atomic mass is 16.5. The summed E-state index contributed by atoms with van der Waals surface area (Å²) in [5, 5.41) is 16.5. The minimum absolute atomic E-state index is 0.153. The van der Waals surface area contributed by atoms with Crippen molar-refractivity contribution < 1.29 is 4.74 Å². The Morgan fingerprint density at radius 1 is 1.03 bits per heavy atom. The van der Waals surface area contributed by atoms with Crippen molar-refractivity contribution in [2.24, 2.45) is 0 Å². The highest BCUT2D eigenvalue weighted by Crippen LogP contribution is 2.27. The topological polar surface area (TPSA) is 77.8 Å². The van der Waals surface area contributed by atoms with Gasteiger partial charge in [0.25, 0.3) is 0 Å². The molecule has 0 spiro atoms. The summed E-state index contributed by atoms with van der Waals surface area (Å²) in [5.41, 5.74) is 4.16. The number of aryl methyl sites for hydroxylation is 1. The molecular formula is C27H32N6O. The predicted octanol–water partition coefficient (Wildman–Crippen LogP) is 4.98. The molecule has 4 rings (SSSR count). The van der Waals surface area contributed by atoms with Crippen LogP contribution < -0.4 is 10.1 Å². The molecule has 2 heterocycles. The molecule has 0 saturated heterocycles. The van der Waals surface area contributed by atoms with Gasteiger partial charge in [-0.05, 0) is 73.0 Å². The molecule has 1 N–H and O–H groups in total. The summed E-state index contributed by atoms with van der Waals surface area (Å²) in [7, 11) is 0. The molecule has 0 amide bonds. The van der Waals surface area contributed by atoms with Crippen LogP contribution in [0.5, 0.6) is 5.75 Å². The van der Waals surface area contributed by atoms with Gasteiger partial charge in [-0.25, -0.2) is 4.68 Å². The molecule has 2 aromatic carbocycles. The molecule has 0 aliphatic heterocycles. The van der Waals surface area contributed by atoms with E-state index in [9.17, 15) is 0 Å². The van der Waals surface area contributed by atoms with Gasteiger partial charge in [0.2, 0.25) is 0 Å². The highest BCUT2D eigenvalue weighted by Gasteiger charge is 2.28. The molecule has 0 radical (unpaired) electrons. The predicted molar refractivity (Wildman–Crippen MR) is 132 cm³/mol. The lowest BCUT2D eigenvalue weighted by molar-refractivity contribution is 0.284. The van der Waals surface area contributed by atoms with Crippen molar-refractivity contribution in [3.05, 3.63) is 101 Å². The molecule has 7 heteroatoms. The van der Waals surface area contributed by atoms with E-state index in [-0.39, 0.29) is 11.6 Å². The van der Waals surface area contributed by atoms with Crippen LogP contribution in [-0.4, -0.2) is 25.2 Å². The van der Waals surface area contributed by atoms with Crippen molar-refractivity contribution in [1.82, 2.24) is 30.5 Å². The third-order valence-corrected chi connectivity index (χ3v) is 6.12. The van der Waals surface area contributed by atoms with Crippen LogP contribution in [0, 0.1) is 6.92 Å². The van der Waals surface area contributed by atoms with Gasteiger partial charge in [-0.2, -0.15) is 0 Å². The Hall–Kier alpha value is -3.58. The largest absolute Gasteiger partial charge is 0.487 e. The zero-order valence-corrected chi connectivity index (χ0v) is 20.3. The first-order valence-electron chi connectivity index (χ1n) is 11.7. The van der Waals surface area contributed by atoms with Gasteiger partial charge >= 0.3 is 0 Å². The van der Waals surface area contributed by atoms with Crippen LogP contribution in [0.4, 0.5) is 0 Å². The molecule has 1 unspecified atom stereocenters. The van der Waals surface area contributed by atoms with E-state index in [0.717, 1.165) is 34.8 Å². The first kappa shape index (κ1) is 23.6. The fourth-order valence-corrected chi connectivity index (χ4v) is 3.68. The van der Waals surface area contributed by atoms with Crippen LogP contribution in [0.3, 0.4) is 0 Å². The molecule has 0 bridgehead atoms. The molecule has 34 heavy (non-hydrogen) atoms. The fourth-order valence-electron chi connectivity index (χ4n) is 3.68. The van der Waals surface area contributed by atoms with E-state index >= 15 is 0 Å². The van der Waals surface area contributed by atoms with Gasteiger partial charge in [-0.3, -0.25) is 10.3 Å². The van der Waals surface area contributed by atoms with Gasteiger partial charge in [0, 0.05) is 12.7 Å². The van der Waals surface area contributed by atoms with Crippen molar-refractivity contribution >= 4 is 0 Å². The third-order valence-electron chi connectivity index (χ3n) is 6.12. The second kappa shape index (κ2) is 10.6. The average molecular weight is 457 g/mol. The molecular weight excluding hydrogens is 424 g/mol. The lowest BCUT2D eigenvalue weighted by atomic mass is 9.99. The van der Waals surface area contributed by atoms with Crippen LogP contribution in [0.1, 0.15) is 61.4 Å². The number of pyridine rings is 1. The van der Waals surface area contributed by atoms with E-state index < -0.39 is 0 Å². The number of rotatable bonds is 10. The SMILES string of the molecule is CCC(C)(C)n1nnnc1C(NCc1cccc(OCc2ccccn2)c1)c1ccc(C)cc1. The summed E-state index contributed by atoms with van der Waals surface area (Å²) in [6.45, 7) is 9.62. The number of hydrogen-bond acceptors (Lipinski definition) is 6. The van der Waals surface area contributed by atoms with Gasteiger partial charge in [-0.15, -0.1) is 5.10 Å². The summed E-state index contributed by atoms with van der Waals surface area (Å²) in [6, 6.07) is 22.3. The second-order valence-corrected chi connectivity index (χ2v) is 9.10. The average Bonchev–Trinajstić information content (AvgIpc) is 3.36. The molecule has 176 valence electrons. The molecule has 2 aromatic heterocycles. The van der Waals surface area contributed by atoms with Crippen LogP contribution >= 0.6 is 0 Å². The van der Waals surface area contributed by atoms with E-state index in [4.69, 9.17) is 4.74 Å². The van der Waals surface area contributed by atoms with E-state index in [0.29, 0.717) is 13.2 Å². The van der Waals surface area contributed by atoms with Gasteiger partial charge in [-0.1, -0.05) is 55.0 Å². The lowest BCUT2D eigenvalue weighted by Crippen LogP contribution is -2.33. The quantitative estimate of drug-likeness (QED) is 0.363. The van der Waals surface area contributed by atoms with Gasteiger partial charge in [0.05, 0.1) is 17.3 Å². The van der Waals surface area contributed by atoms with Crippen molar-refractivity contribution in [2.75, 3.05) is 0 Å². The maximum Gasteiger partial charge on any atom is 0.173 e. The molecule has 0 fully saturated rings. The fraction of sp³-hybridized carbons (Fsp3) is 0.333. The maximum absolute atomic E-state index is 5.96. The minimum atomic E-state index is -0.192. The van der Waals surface area contributed by atoms with Crippen molar-refractivity contribution in [3.8, 4) is 5.75 Å².